The maximum Gasteiger partial charge on any atom is 0.168 e. The van der Waals surface area contributed by atoms with Gasteiger partial charge in [-0.25, -0.2) is 0 Å². The minimum Gasteiger partial charge on any atom is -0.337 e. The molecule has 0 aromatic heterocycles. The monoisotopic (exact) mass is 219 g/mol. The first-order valence-corrected chi connectivity index (χ1v) is 6.10. The quantitative estimate of drug-likeness (QED) is 0.724. The van der Waals surface area contributed by atoms with E-state index in [1.165, 1.54) is 17.5 Å². The highest BCUT2D eigenvalue weighted by molar-refractivity contribution is 5.37. The van der Waals surface area contributed by atoms with Gasteiger partial charge in [0.1, 0.15) is 0 Å². The summed E-state index contributed by atoms with van der Waals surface area (Å²) in [6, 6.07) is 6.47. The Bertz CT molecular complexity index is 334. The Kier molecular flexibility index (Phi) is 4.23. The van der Waals surface area contributed by atoms with Crippen LogP contribution in [0.5, 0.6) is 5.75 Å². The van der Waals surface area contributed by atoms with Crippen LogP contribution in [0.15, 0.2) is 18.2 Å². The molecule has 1 radical (unpaired) electrons. The second kappa shape index (κ2) is 5.90. The molecule has 0 saturated carbocycles. The van der Waals surface area contributed by atoms with Gasteiger partial charge in [0.25, 0.3) is 0 Å². The molecule has 1 heterocycles. The Labute approximate surface area is 97.5 Å². The Morgan fingerprint density at radius 2 is 2.19 bits per heavy atom. The predicted molar refractivity (Wildman–Crippen MR) is 64.3 cm³/mol. The molecule has 1 aliphatic heterocycles. The Morgan fingerprint density at radius 3 is 3.06 bits per heavy atom. The minimum atomic E-state index is 0.697. The van der Waals surface area contributed by atoms with E-state index < -0.39 is 0 Å². The van der Waals surface area contributed by atoms with E-state index in [2.05, 4.69) is 25.1 Å². The van der Waals surface area contributed by atoms with Crippen LogP contribution in [-0.4, -0.2) is 6.61 Å². The van der Waals surface area contributed by atoms with Crippen molar-refractivity contribution in [1.29, 1.82) is 0 Å². The summed E-state index contributed by atoms with van der Waals surface area (Å²) in [5, 5.41) is 0. The molecule has 0 N–H and O–H groups in total. The molecule has 0 unspecified atom stereocenters. The average molecular weight is 219 g/mol. The van der Waals surface area contributed by atoms with Crippen molar-refractivity contribution in [3.05, 3.63) is 36.2 Å². The smallest absolute Gasteiger partial charge is 0.168 e. The molecule has 0 spiro atoms. The average Bonchev–Trinajstić information content (AvgIpc) is 2.28. The van der Waals surface area contributed by atoms with Gasteiger partial charge < -0.3 is 4.89 Å². The van der Waals surface area contributed by atoms with Crippen LogP contribution in [0.3, 0.4) is 0 Å². The van der Waals surface area contributed by atoms with Crippen LogP contribution in [-0.2, 0) is 17.7 Å². The topological polar surface area (TPSA) is 18.5 Å². The van der Waals surface area contributed by atoms with E-state index in [0.29, 0.717) is 6.61 Å². The fraction of sp³-hybridized carbons (Fsp3) is 0.500. The lowest BCUT2D eigenvalue weighted by Crippen LogP contribution is -2.06. The molecule has 1 aromatic carbocycles. The standard InChI is InChI=1S/C14H19O2/c1-2-3-6-12-8-9-13-7-4-5-10-15-16-14(13)11-12/h8-9,11H,1-7,10H2. The van der Waals surface area contributed by atoms with E-state index in [0.717, 1.165) is 37.9 Å². The van der Waals surface area contributed by atoms with Crippen molar-refractivity contribution in [1.82, 2.24) is 0 Å². The summed E-state index contributed by atoms with van der Waals surface area (Å²) in [4.78, 5) is 10.5. The normalized spacial score (nSPS) is 15.8. The SMILES string of the molecule is [CH2]CCCc1ccc2c(c1)OOCCCC2. The number of unbranched alkanes of at least 4 members (excludes halogenated alkanes) is 1. The van der Waals surface area contributed by atoms with Crippen LogP contribution >= 0.6 is 0 Å². The van der Waals surface area contributed by atoms with Crippen molar-refractivity contribution in [2.24, 2.45) is 0 Å². The lowest BCUT2D eigenvalue weighted by atomic mass is 10.0. The number of hydrogen-bond donors (Lipinski definition) is 0. The lowest BCUT2D eigenvalue weighted by molar-refractivity contribution is -0.209. The first kappa shape index (κ1) is 11.5. The highest BCUT2D eigenvalue weighted by Gasteiger charge is 2.09. The molecule has 0 amide bonds. The molecule has 0 saturated heterocycles. The second-order valence-corrected chi connectivity index (χ2v) is 4.26. The summed E-state index contributed by atoms with van der Waals surface area (Å²) in [6.07, 6.45) is 6.51. The fourth-order valence-corrected chi connectivity index (χ4v) is 1.95. The van der Waals surface area contributed by atoms with Gasteiger partial charge in [-0.2, -0.15) is 4.89 Å². The molecule has 2 rings (SSSR count). The molecule has 2 heteroatoms. The van der Waals surface area contributed by atoms with Crippen molar-refractivity contribution in [2.45, 2.75) is 38.5 Å². The van der Waals surface area contributed by atoms with Gasteiger partial charge in [-0.05, 0) is 49.3 Å². The van der Waals surface area contributed by atoms with E-state index in [4.69, 9.17) is 9.78 Å². The van der Waals surface area contributed by atoms with Crippen molar-refractivity contribution in [2.75, 3.05) is 6.61 Å². The second-order valence-electron chi connectivity index (χ2n) is 4.26. The number of hydrogen-bond acceptors (Lipinski definition) is 2. The van der Waals surface area contributed by atoms with Gasteiger partial charge in [0.05, 0.1) is 6.61 Å². The van der Waals surface area contributed by atoms with Crippen LogP contribution < -0.4 is 4.89 Å². The van der Waals surface area contributed by atoms with Crippen molar-refractivity contribution in [3.63, 3.8) is 0 Å². The van der Waals surface area contributed by atoms with E-state index in [1.54, 1.807) is 0 Å². The molecule has 1 aromatic rings. The number of rotatable bonds is 3. The van der Waals surface area contributed by atoms with Crippen LogP contribution in [0.1, 0.15) is 36.8 Å². The molecular weight excluding hydrogens is 200 g/mol. The van der Waals surface area contributed by atoms with Crippen LogP contribution in [0.4, 0.5) is 0 Å². The maximum atomic E-state index is 5.33. The van der Waals surface area contributed by atoms with Gasteiger partial charge in [-0.15, -0.1) is 0 Å². The maximum absolute atomic E-state index is 5.33. The summed E-state index contributed by atoms with van der Waals surface area (Å²) in [5.74, 6) is 0.904. The highest BCUT2D eigenvalue weighted by atomic mass is 17.2. The highest BCUT2D eigenvalue weighted by Crippen LogP contribution is 2.25. The molecule has 16 heavy (non-hydrogen) atoms. The molecule has 2 nitrogen and oxygen atoms in total. The Hall–Kier alpha value is -1.02. The lowest BCUT2D eigenvalue weighted by Gasteiger charge is -2.14. The zero-order chi connectivity index (χ0) is 11.2. The third-order valence-electron chi connectivity index (χ3n) is 2.92. The first-order chi connectivity index (χ1) is 7.90. The number of benzene rings is 1. The fourth-order valence-electron chi connectivity index (χ4n) is 1.95. The van der Waals surface area contributed by atoms with Gasteiger partial charge in [0, 0.05) is 0 Å². The zero-order valence-electron chi connectivity index (χ0n) is 9.71. The molecule has 87 valence electrons. The van der Waals surface area contributed by atoms with Gasteiger partial charge in [0.15, 0.2) is 5.75 Å². The molecular formula is C14H19O2. The van der Waals surface area contributed by atoms with E-state index >= 15 is 0 Å². The van der Waals surface area contributed by atoms with Crippen LogP contribution in [0, 0.1) is 6.92 Å². The molecule has 0 atom stereocenters. The Balaban J connectivity index is 2.11. The summed E-state index contributed by atoms with van der Waals surface area (Å²) in [6.45, 7) is 4.56. The van der Waals surface area contributed by atoms with Crippen LogP contribution in [0.2, 0.25) is 0 Å². The van der Waals surface area contributed by atoms with Crippen molar-refractivity contribution < 1.29 is 9.78 Å². The summed E-state index contributed by atoms with van der Waals surface area (Å²) >= 11 is 0. The first-order valence-electron chi connectivity index (χ1n) is 6.10. The predicted octanol–water partition coefficient (Wildman–Crippen LogP) is 3.49. The molecule has 0 fully saturated rings. The van der Waals surface area contributed by atoms with Gasteiger partial charge >= 0.3 is 0 Å². The van der Waals surface area contributed by atoms with Crippen LogP contribution in [0.25, 0.3) is 0 Å². The van der Waals surface area contributed by atoms with Gasteiger partial charge in [-0.1, -0.05) is 25.5 Å². The van der Waals surface area contributed by atoms with Crippen molar-refractivity contribution in [3.8, 4) is 5.75 Å². The third-order valence-corrected chi connectivity index (χ3v) is 2.92. The zero-order valence-corrected chi connectivity index (χ0v) is 9.71. The van der Waals surface area contributed by atoms with E-state index in [-0.39, 0.29) is 0 Å². The molecule has 0 bridgehead atoms. The summed E-state index contributed by atoms with van der Waals surface area (Å²) in [7, 11) is 0. The van der Waals surface area contributed by atoms with Crippen molar-refractivity contribution >= 4 is 0 Å². The molecule has 1 aliphatic rings. The van der Waals surface area contributed by atoms with Gasteiger partial charge in [-0.3, -0.25) is 0 Å². The number of aryl methyl sites for hydroxylation is 2. The van der Waals surface area contributed by atoms with E-state index in [9.17, 15) is 0 Å². The minimum absolute atomic E-state index is 0.697. The van der Waals surface area contributed by atoms with E-state index in [1.807, 2.05) is 0 Å². The Morgan fingerprint density at radius 1 is 1.25 bits per heavy atom. The third kappa shape index (κ3) is 2.99. The summed E-state index contributed by atoms with van der Waals surface area (Å²) < 4.78 is 0. The number of fused-ring (bicyclic) bond motifs is 1. The van der Waals surface area contributed by atoms with Gasteiger partial charge in [0.2, 0.25) is 0 Å². The largest absolute Gasteiger partial charge is 0.337 e. The summed E-state index contributed by atoms with van der Waals surface area (Å²) in [5.41, 5.74) is 2.57. The molecule has 0 aliphatic carbocycles.